The van der Waals surface area contributed by atoms with E-state index in [4.69, 9.17) is 0 Å². The summed E-state index contributed by atoms with van der Waals surface area (Å²) in [6.07, 6.45) is 3.03. The van der Waals surface area contributed by atoms with Crippen molar-refractivity contribution in [1.82, 2.24) is 10.3 Å². The van der Waals surface area contributed by atoms with Crippen molar-refractivity contribution in [1.29, 1.82) is 0 Å². The van der Waals surface area contributed by atoms with E-state index in [0.717, 1.165) is 17.3 Å². The van der Waals surface area contributed by atoms with Crippen LogP contribution >= 0.6 is 11.8 Å². The molecule has 0 aromatic carbocycles. The van der Waals surface area contributed by atoms with Crippen molar-refractivity contribution >= 4 is 11.8 Å². The summed E-state index contributed by atoms with van der Waals surface area (Å²) in [6, 6.07) is 6.65. The summed E-state index contributed by atoms with van der Waals surface area (Å²) >= 11 is 1.80. The van der Waals surface area contributed by atoms with Crippen LogP contribution in [-0.2, 0) is 0 Å². The molecule has 0 saturated heterocycles. The lowest BCUT2D eigenvalue weighted by molar-refractivity contribution is 0.555. The number of aromatic nitrogens is 1. The Balaban J connectivity index is 2.10. The monoisotopic (exact) mass is 210 g/mol. The fraction of sp³-hybridized carbons (Fsp3) is 0.545. The van der Waals surface area contributed by atoms with Crippen LogP contribution in [0, 0.1) is 0 Å². The lowest BCUT2D eigenvalue weighted by Crippen LogP contribution is -2.27. The van der Waals surface area contributed by atoms with E-state index in [2.05, 4.69) is 24.1 Å². The van der Waals surface area contributed by atoms with E-state index in [-0.39, 0.29) is 0 Å². The molecule has 1 heterocycles. The lowest BCUT2D eigenvalue weighted by Gasteiger charge is -2.10. The van der Waals surface area contributed by atoms with Crippen LogP contribution in [0.4, 0.5) is 0 Å². The fourth-order valence-electron chi connectivity index (χ4n) is 1.04. The third kappa shape index (κ3) is 4.63. The largest absolute Gasteiger partial charge is 0.313 e. The zero-order valence-corrected chi connectivity index (χ0v) is 9.68. The Bertz CT molecular complexity index is 238. The molecule has 1 unspecified atom stereocenters. The molecule has 0 aliphatic carbocycles. The minimum atomic E-state index is 0.624. The molecule has 78 valence electrons. The van der Waals surface area contributed by atoms with Crippen molar-refractivity contribution in [2.75, 3.05) is 12.3 Å². The molecule has 2 nitrogen and oxygen atoms in total. The number of rotatable bonds is 6. The molecule has 0 bridgehead atoms. The number of nitrogens with one attached hydrogen (secondary N) is 1. The van der Waals surface area contributed by atoms with Gasteiger partial charge in [0.15, 0.2) is 0 Å². The van der Waals surface area contributed by atoms with Gasteiger partial charge in [0.1, 0.15) is 0 Å². The van der Waals surface area contributed by atoms with Gasteiger partial charge in [0.25, 0.3) is 0 Å². The van der Waals surface area contributed by atoms with E-state index in [1.165, 1.54) is 6.42 Å². The fourth-order valence-corrected chi connectivity index (χ4v) is 1.78. The van der Waals surface area contributed by atoms with Crippen LogP contribution < -0.4 is 5.32 Å². The molecule has 14 heavy (non-hydrogen) atoms. The van der Waals surface area contributed by atoms with Gasteiger partial charge < -0.3 is 5.32 Å². The van der Waals surface area contributed by atoms with Crippen molar-refractivity contribution in [2.45, 2.75) is 31.3 Å². The molecule has 0 fully saturated rings. The van der Waals surface area contributed by atoms with Gasteiger partial charge >= 0.3 is 0 Å². The molecule has 1 rings (SSSR count). The van der Waals surface area contributed by atoms with Gasteiger partial charge in [0, 0.05) is 24.5 Å². The van der Waals surface area contributed by atoms with Crippen molar-refractivity contribution < 1.29 is 0 Å². The van der Waals surface area contributed by atoms with Crippen LogP contribution in [0.25, 0.3) is 0 Å². The van der Waals surface area contributed by atoms with Gasteiger partial charge in [-0.25, -0.2) is 4.98 Å². The van der Waals surface area contributed by atoms with E-state index in [1.807, 2.05) is 24.4 Å². The highest BCUT2D eigenvalue weighted by Crippen LogP contribution is 2.12. The minimum Gasteiger partial charge on any atom is -0.313 e. The van der Waals surface area contributed by atoms with Crippen LogP contribution in [0.2, 0.25) is 0 Å². The topological polar surface area (TPSA) is 24.9 Å². The third-order valence-corrected chi connectivity index (χ3v) is 3.04. The summed E-state index contributed by atoms with van der Waals surface area (Å²) in [7, 11) is 0. The molecule has 3 heteroatoms. The SMILES string of the molecule is CCC(C)NCCSc1ccccn1. The van der Waals surface area contributed by atoms with E-state index in [1.54, 1.807) is 11.8 Å². The highest BCUT2D eigenvalue weighted by Gasteiger charge is 1.97. The Morgan fingerprint density at radius 3 is 3.00 bits per heavy atom. The maximum atomic E-state index is 4.25. The minimum absolute atomic E-state index is 0.624. The standard InChI is InChI=1S/C11H18N2S/c1-3-10(2)12-8-9-14-11-6-4-5-7-13-11/h4-7,10,12H,3,8-9H2,1-2H3. The van der Waals surface area contributed by atoms with Gasteiger partial charge in [0.05, 0.1) is 5.03 Å². The highest BCUT2D eigenvalue weighted by molar-refractivity contribution is 7.99. The van der Waals surface area contributed by atoms with Crippen LogP contribution in [0.15, 0.2) is 29.4 Å². The van der Waals surface area contributed by atoms with Crippen LogP contribution in [0.5, 0.6) is 0 Å². The second kappa shape index (κ2) is 6.85. The second-order valence-corrected chi connectivity index (χ2v) is 4.40. The van der Waals surface area contributed by atoms with E-state index >= 15 is 0 Å². The average Bonchev–Trinajstić information content (AvgIpc) is 2.25. The molecule has 1 aromatic heterocycles. The average molecular weight is 210 g/mol. The normalized spacial score (nSPS) is 12.7. The Morgan fingerprint density at radius 2 is 2.36 bits per heavy atom. The van der Waals surface area contributed by atoms with Gasteiger partial charge in [-0.1, -0.05) is 13.0 Å². The number of pyridine rings is 1. The molecule has 0 amide bonds. The molecule has 0 spiro atoms. The van der Waals surface area contributed by atoms with Crippen LogP contribution in [0.3, 0.4) is 0 Å². The summed E-state index contributed by atoms with van der Waals surface area (Å²) in [5.74, 6) is 1.08. The van der Waals surface area contributed by atoms with Crippen molar-refractivity contribution in [3.8, 4) is 0 Å². The number of nitrogens with zero attached hydrogens (tertiary/aromatic N) is 1. The molecular weight excluding hydrogens is 192 g/mol. The van der Waals surface area contributed by atoms with Crippen LogP contribution in [-0.4, -0.2) is 23.3 Å². The molecule has 0 aliphatic rings. The molecule has 0 aliphatic heterocycles. The van der Waals surface area contributed by atoms with Gasteiger partial charge in [0.2, 0.25) is 0 Å². The maximum Gasteiger partial charge on any atom is 0.0960 e. The lowest BCUT2D eigenvalue weighted by atomic mass is 10.3. The van der Waals surface area contributed by atoms with Crippen molar-refractivity contribution in [3.63, 3.8) is 0 Å². The molecule has 0 radical (unpaired) electrons. The molecule has 1 N–H and O–H groups in total. The predicted molar refractivity (Wildman–Crippen MR) is 62.7 cm³/mol. The van der Waals surface area contributed by atoms with Crippen molar-refractivity contribution in [3.05, 3.63) is 24.4 Å². The first-order chi connectivity index (χ1) is 6.83. The molecule has 0 saturated carbocycles. The van der Waals surface area contributed by atoms with E-state index < -0.39 is 0 Å². The van der Waals surface area contributed by atoms with Gasteiger partial charge in [-0.3, -0.25) is 0 Å². The Morgan fingerprint density at radius 1 is 1.50 bits per heavy atom. The van der Waals surface area contributed by atoms with Crippen LogP contribution in [0.1, 0.15) is 20.3 Å². The van der Waals surface area contributed by atoms with Gasteiger partial charge in [-0.2, -0.15) is 0 Å². The Kier molecular flexibility index (Phi) is 5.64. The third-order valence-electron chi connectivity index (χ3n) is 2.09. The molecule has 1 atom stereocenters. The van der Waals surface area contributed by atoms with Gasteiger partial charge in [-0.05, 0) is 25.5 Å². The Hall–Kier alpha value is -0.540. The summed E-state index contributed by atoms with van der Waals surface area (Å²) in [4.78, 5) is 4.25. The number of hydrogen-bond donors (Lipinski definition) is 1. The number of thioether (sulfide) groups is 1. The zero-order valence-electron chi connectivity index (χ0n) is 8.86. The second-order valence-electron chi connectivity index (χ2n) is 3.28. The maximum absolute atomic E-state index is 4.25. The quantitative estimate of drug-likeness (QED) is 0.577. The summed E-state index contributed by atoms with van der Waals surface area (Å²) in [5.41, 5.74) is 0. The smallest absolute Gasteiger partial charge is 0.0960 e. The summed E-state index contributed by atoms with van der Waals surface area (Å²) in [5, 5.41) is 4.56. The van der Waals surface area contributed by atoms with E-state index in [0.29, 0.717) is 6.04 Å². The van der Waals surface area contributed by atoms with Gasteiger partial charge in [-0.15, -0.1) is 11.8 Å². The predicted octanol–water partition coefficient (Wildman–Crippen LogP) is 2.56. The van der Waals surface area contributed by atoms with E-state index in [9.17, 15) is 0 Å². The summed E-state index contributed by atoms with van der Waals surface area (Å²) < 4.78 is 0. The first-order valence-electron chi connectivity index (χ1n) is 5.10. The van der Waals surface area contributed by atoms with Crippen molar-refractivity contribution in [2.24, 2.45) is 0 Å². The Labute approximate surface area is 90.5 Å². The first-order valence-corrected chi connectivity index (χ1v) is 6.08. The summed E-state index contributed by atoms with van der Waals surface area (Å²) in [6.45, 7) is 5.46. The zero-order chi connectivity index (χ0) is 10.2. The highest BCUT2D eigenvalue weighted by atomic mass is 32.2. The number of hydrogen-bond acceptors (Lipinski definition) is 3. The molecule has 1 aromatic rings. The first kappa shape index (κ1) is 11.5. The molecular formula is C11H18N2S.